The third-order valence-corrected chi connectivity index (χ3v) is 6.64. The summed E-state index contributed by atoms with van der Waals surface area (Å²) in [7, 11) is 2.26. The number of hydrogen-bond donors (Lipinski definition) is 0. The molecule has 0 radical (unpaired) electrons. The highest BCUT2D eigenvalue weighted by molar-refractivity contribution is 9.10. The molecule has 0 saturated carbocycles. The topological polar surface area (TPSA) is 3.24 Å². The summed E-state index contributed by atoms with van der Waals surface area (Å²) in [5.41, 5.74) is 4.87. The number of thiophene rings is 1. The molecular formula is C18H21BrClNS. The van der Waals surface area contributed by atoms with Crippen LogP contribution in [-0.4, -0.2) is 18.5 Å². The molecule has 1 atom stereocenters. The normalized spacial score (nSPS) is 20.9. The van der Waals surface area contributed by atoms with Gasteiger partial charge >= 0.3 is 0 Å². The van der Waals surface area contributed by atoms with Gasteiger partial charge in [0.2, 0.25) is 0 Å². The second-order valence-electron chi connectivity index (χ2n) is 6.35. The van der Waals surface area contributed by atoms with Crippen LogP contribution in [0.2, 0.25) is 0 Å². The minimum absolute atomic E-state index is 0. The molecular weight excluding hydrogens is 378 g/mol. The zero-order valence-electron chi connectivity index (χ0n) is 12.8. The molecule has 2 heterocycles. The van der Waals surface area contributed by atoms with Gasteiger partial charge in [0.15, 0.2) is 0 Å². The van der Waals surface area contributed by atoms with Gasteiger partial charge in [-0.2, -0.15) is 0 Å². The molecule has 118 valence electrons. The largest absolute Gasteiger partial charge is 0.300 e. The minimum atomic E-state index is 0. The molecule has 0 fully saturated rings. The first-order valence-electron chi connectivity index (χ1n) is 7.79. The Kier molecular flexibility index (Phi) is 4.98. The Balaban J connectivity index is 0.00000144. The quantitative estimate of drug-likeness (QED) is 0.622. The van der Waals surface area contributed by atoms with Gasteiger partial charge in [0, 0.05) is 33.2 Å². The average Bonchev–Trinajstić information content (AvgIpc) is 2.85. The standard InChI is InChI=1S/C18H20BrNS.ClH/c1-20-10-15(12-6-8-13(19)9-7-12)18-14-4-2-3-5-16(14)21-17(18)11-20;/h6-9,15H,2-5,10-11H2,1H3;1H. The Morgan fingerprint density at radius 1 is 1.09 bits per heavy atom. The van der Waals surface area contributed by atoms with Gasteiger partial charge < -0.3 is 4.90 Å². The van der Waals surface area contributed by atoms with E-state index in [1.54, 1.807) is 20.9 Å². The molecule has 1 aliphatic carbocycles. The van der Waals surface area contributed by atoms with Crippen molar-refractivity contribution in [2.75, 3.05) is 13.6 Å². The molecule has 1 nitrogen and oxygen atoms in total. The lowest BCUT2D eigenvalue weighted by atomic mass is 9.82. The highest BCUT2D eigenvalue weighted by Crippen LogP contribution is 2.44. The van der Waals surface area contributed by atoms with E-state index in [0.29, 0.717) is 5.92 Å². The molecule has 4 rings (SSSR count). The van der Waals surface area contributed by atoms with Crippen LogP contribution in [0.15, 0.2) is 28.7 Å². The van der Waals surface area contributed by atoms with Crippen molar-refractivity contribution >= 4 is 39.7 Å². The number of fused-ring (bicyclic) bond motifs is 3. The first-order chi connectivity index (χ1) is 10.2. The molecule has 0 spiro atoms. The fraction of sp³-hybridized carbons (Fsp3) is 0.444. The maximum atomic E-state index is 3.56. The van der Waals surface area contributed by atoms with Crippen LogP contribution < -0.4 is 0 Å². The highest BCUT2D eigenvalue weighted by atomic mass is 79.9. The van der Waals surface area contributed by atoms with E-state index in [1.165, 1.54) is 35.7 Å². The Morgan fingerprint density at radius 3 is 2.59 bits per heavy atom. The van der Waals surface area contributed by atoms with Crippen LogP contribution in [0.3, 0.4) is 0 Å². The maximum Gasteiger partial charge on any atom is 0.0328 e. The Morgan fingerprint density at radius 2 is 1.82 bits per heavy atom. The van der Waals surface area contributed by atoms with E-state index in [9.17, 15) is 0 Å². The third-order valence-electron chi connectivity index (χ3n) is 4.82. The molecule has 22 heavy (non-hydrogen) atoms. The van der Waals surface area contributed by atoms with E-state index in [1.807, 2.05) is 0 Å². The first-order valence-corrected chi connectivity index (χ1v) is 9.40. The SMILES string of the molecule is CN1Cc2sc3c(c2C(c2ccc(Br)cc2)C1)CCCC3.Cl. The molecule has 1 aromatic heterocycles. The van der Waals surface area contributed by atoms with Crippen LogP contribution in [-0.2, 0) is 19.4 Å². The molecule has 0 N–H and O–H groups in total. The van der Waals surface area contributed by atoms with Gasteiger partial charge in [-0.05, 0) is 61.6 Å². The van der Waals surface area contributed by atoms with Crippen LogP contribution >= 0.6 is 39.7 Å². The molecule has 1 aliphatic heterocycles. The first kappa shape index (κ1) is 16.5. The van der Waals surface area contributed by atoms with Crippen molar-refractivity contribution in [2.45, 2.75) is 38.1 Å². The van der Waals surface area contributed by atoms with Crippen LogP contribution in [0, 0.1) is 0 Å². The van der Waals surface area contributed by atoms with Gasteiger partial charge in [-0.3, -0.25) is 0 Å². The molecule has 1 unspecified atom stereocenters. The second-order valence-corrected chi connectivity index (χ2v) is 8.45. The number of nitrogens with zero attached hydrogens (tertiary/aromatic N) is 1. The predicted molar refractivity (Wildman–Crippen MR) is 101 cm³/mol. The van der Waals surface area contributed by atoms with Gasteiger partial charge in [0.05, 0.1) is 0 Å². The van der Waals surface area contributed by atoms with Crippen LogP contribution in [0.4, 0.5) is 0 Å². The average molecular weight is 399 g/mol. The van der Waals surface area contributed by atoms with Gasteiger partial charge in [0.1, 0.15) is 0 Å². The lowest BCUT2D eigenvalue weighted by Gasteiger charge is -2.31. The van der Waals surface area contributed by atoms with Crippen molar-refractivity contribution in [1.29, 1.82) is 0 Å². The third kappa shape index (κ3) is 2.89. The summed E-state index contributed by atoms with van der Waals surface area (Å²) in [6, 6.07) is 8.96. The fourth-order valence-corrected chi connectivity index (χ4v) is 5.65. The number of aryl methyl sites for hydroxylation is 1. The molecule has 0 bridgehead atoms. The lowest BCUT2D eigenvalue weighted by Crippen LogP contribution is -2.30. The smallest absolute Gasteiger partial charge is 0.0328 e. The van der Waals surface area contributed by atoms with E-state index >= 15 is 0 Å². The summed E-state index contributed by atoms with van der Waals surface area (Å²) in [6.07, 6.45) is 5.37. The molecule has 0 amide bonds. The number of benzene rings is 1. The molecule has 4 heteroatoms. The Labute approximate surface area is 151 Å². The Hall–Kier alpha value is -0.350. The van der Waals surface area contributed by atoms with Crippen LogP contribution in [0.5, 0.6) is 0 Å². The molecule has 1 aromatic carbocycles. The van der Waals surface area contributed by atoms with Gasteiger partial charge in [-0.1, -0.05) is 28.1 Å². The monoisotopic (exact) mass is 397 g/mol. The maximum absolute atomic E-state index is 3.56. The number of halogens is 2. The van der Waals surface area contributed by atoms with E-state index < -0.39 is 0 Å². The van der Waals surface area contributed by atoms with Crippen molar-refractivity contribution in [1.82, 2.24) is 4.90 Å². The molecule has 0 saturated heterocycles. The zero-order valence-corrected chi connectivity index (χ0v) is 16.0. The van der Waals surface area contributed by atoms with Crippen molar-refractivity contribution < 1.29 is 0 Å². The summed E-state index contributed by atoms with van der Waals surface area (Å²) in [4.78, 5) is 5.80. The van der Waals surface area contributed by atoms with Crippen LogP contribution in [0.1, 0.15) is 45.2 Å². The fourth-order valence-electron chi connectivity index (χ4n) is 3.85. The zero-order chi connectivity index (χ0) is 14.4. The van der Waals surface area contributed by atoms with E-state index in [4.69, 9.17) is 0 Å². The van der Waals surface area contributed by atoms with Crippen molar-refractivity contribution in [3.63, 3.8) is 0 Å². The number of likely N-dealkylation sites (N-methyl/N-ethyl adjacent to an activating group) is 1. The van der Waals surface area contributed by atoms with Gasteiger partial charge in [-0.25, -0.2) is 0 Å². The highest BCUT2D eigenvalue weighted by Gasteiger charge is 2.31. The van der Waals surface area contributed by atoms with E-state index in [2.05, 4.69) is 63.5 Å². The van der Waals surface area contributed by atoms with E-state index in [0.717, 1.165) is 13.1 Å². The van der Waals surface area contributed by atoms with Crippen molar-refractivity contribution in [3.8, 4) is 0 Å². The summed E-state index contributed by atoms with van der Waals surface area (Å²) >= 11 is 5.65. The van der Waals surface area contributed by atoms with Gasteiger partial charge in [0.25, 0.3) is 0 Å². The van der Waals surface area contributed by atoms with Crippen molar-refractivity contribution in [3.05, 3.63) is 55.2 Å². The second kappa shape index (κ2) is 6.64. The van der Waals surface area contributed by atoms with Gasteiger partial charge in [-0.15, -0.1) is 23.7 Å². The summed E-state index contributed by atoms with van der Waals surface area (Å²) in [6.45, 7) is 2.29. The number of hydrogen-bond acceptors (Lipinski definition) is 2. The number of rotatable bonds is 1. The molecule has 2 aromatic rings. The van der Waals surface area contributed by atoms with E-state index in [-0.39, 0.29) is 12.4 Å². The summed E-state index contributed by atoms with van der Waals surface area (Å²) in [5.74, 6) is 0.560. The predicted octanol–water partition coefficient (Wildman–Crippen LogP) is 5.39. The lowest BCUT2D eigenvalue weighted by molar-refractivity contribution is 0.298. The minimum Gasteiger partial charge on any atom is -0.300 e. The van der Waals surface area contributed by atoms with Crippen LogP contribution in [0.25, 0.3) is 0 Å². The Bertz CT molecular complexity index is 664. The molecule has 2 aliphatic rings. The summed E-state index contributed by atoms with van der Waals surface area (Å²) < 4.78 is 1.17. The van der Waals surface area contributed by atoms with Crippen molar-refractivity contribution in [2.24, 2.45) is 0 Å². The summed E-state index contributed by atoms with van der Waals surface area (Å²) in [5, 5.41) is 0.